The molecule has 10 heteroatoms. The number of aromatic nitrogens is 1. The normalized spacial score (nSPS) is 11.4. The second-order valence-electron chi connectivity index (χ2n) is 7.46. The summed E-state index contributed by atoms with van der Waals surface area (Å²) >= 11 is 0. The Bertz CT molecular complexity index is 1350. The number of nitro benzene ring substituents is 1. The van der Waals surface area contributed by atoms with Crippen LogP contribution in [0.1, 0.15) is 16.7 Å². The summed E-state index contributed by atoms with van der Waals surface area (Å²) in [6.07, 6.45) is 3.19. The Labute approximate surface area is 193 Å². The number of nitriles is 1. The maximum absolute atomic E-state index is 14.7. The fourth-order valence-electron chi connectivity index (χ4n) is 3.29. The number of aliphatic hydroxyl groups is 1. The average Bonchev–Trinajstić information content (AvgIpc) is 2.82. The van der Waals surface area contributed by atoms with Crippen LogP contribution < -0.4 is 0 Å². The van der Waals surface area contributed by atoms with Crippen molar-refractivity contribution in [1.29, 1.82) is 5.26 Å². The number of aryl methyl sites for hydroxylation is 1. The number of nitro groups is 1. The highest BCUT2D eigenvalue weighted by atomic mass is 19.1. The van der Waals surface area contributed by atoms with E-state index in [1.807, 2.05) is 0 Å². The van der Waals surface area contributed by atoms with Crippen LogP contribution >= 0.6 is 0 Å². The fraction of sp³-hybridized carbons (Fsp3) is 0.125. The van der Waals surface area contributed by atoms with E-state index in [4.69, 9.17) is 0 Å². The maximum atomic E-state index is 14.7. The molecule has 1 amide bonds. The van der Waals surface area contributed by atoms with Gasteiger partial charge >= 0.3 is 5.69 Å². The average molecular weight is 462 g/mol. The molecule has 1 heterocycles. The first kappa shape index (κ1) is 23.9. The second-order valence-corrected chi connectivity index (χ2v) is 7.46. The van der Waals surface area contributed by atoms with Gasteiger partial charge in [0.25, 0.3) is 5.91 Å². The summed E-state index contributed by atoms with van der Waals surface area (Å²) in [6.45, 7) is 1.17. The predicted molar refractivity (Wildman–Crippen MR) is 121 cm³/mol. The fourth-order valence-corrected chi connectivity index (χ4v) is 3.29. The largest absolute Gasteiger partial charge is 0.506 e. The zero-order valence-corrected chi connectivity index (χ0v) is 18.2. The van der Waals surface area contributed by atoms with E-state index in [9.17, 15) is 34.8 Å². The molecule has 3 aromatic rings. The van der Waals surface area contributed by atoms with E-state index in [1.54, 1.807) is 36.7 Å². The first-order chi connectivity index (χ1) is 16.1. The third-order valence-electron chi connectivity index (χ3n) is 5.12. The summed E-state index contributed by atoms with van der Waals surface area (Å²) in [5, 5.41) is 41.0. The summed E-state index contributed by atoms with van der Waals surface area (Å²) in [5.41, 5.74) is 0.0103. The minimum Gasteiger partial charge on any atom is -0.506 e. The quantitative estimate of drug-likeness (QED) is 0.183. The number of aromatic hydroxyl groups is 1. The molecule has 0 radical (unpaired) electrons. The van der Waals surface area contributed by atoms with Crippen LogP contribution in [0.15, 0.2) is 60.4 Å². The molecule has 9 nitrogen and oxygen atoms in total. The highest BCUT2D eigenvalue weighted by Gasteiger charge is 2.24. The first-order valence-corrected chi connectivity index (χ1v) is 9.90. The Kier molecular flexibility index (Phi) is 6.87. The Hall–Kier alpha value is -4.78. The highest BCUT2D eigenvalue weighted by Crippen LogP contribution is 2.33. The molecule has 0 fully saturated rings. The summed E-state index contributed by atoms with van der Waals surface area (Å²) in [6, 6.07) is 11.6. The van der Waals surface area contributed by atoms with Crippen molar-refractivity contribution in [1.82, 2.24) is 9.88 Å². The number of likely N-dealkylation sites (N-methyl/N-ethyl adjacent to an activating group) is 1. The molecule has 2 N–H and O–H groups in total. The van der Waals surface area contributed by atoms with Gasteiger partial charge in [-0.1, -0.05) is 18.2 Å². The number of pyridine rings is 1. The second kappa shape index (κ2) is 9.79. The molecule has 172 valence electrons. The molecule has 34 heavy (non-hydrogen) atoms. The number of carbonyl (C=O) groups excluding carboxylic acids is 1. The number of amides is 1. The minimum absolute atomic E-state index is 0.0737. The number of carbonyl (C=O) groups is 1. The van der Waals surface area contributed by atoms with Gasteiger partial charge in [-0.3, -0.25) is 19.9 Å². The van der Waals surface area contributed by atoms with Crippen LogP contribution in [0.25, 0.3) is 16.9 Å². The van der Waals surface area contributed by atoms with E-state index >= 15 is 0 Å². The SMILES string of the molecule is Cc1cc(/C(O)=C(\C#N)C(=O)N(C)Cc2ccc(-c3cccnc3)cc2F)cc([N+](=O)[O-])c1O. The van der Waals surface area contributed by atoms with Crippen LogP contribution in [0.3, 0.4) is 0 Å². The van der Waals surface area contributed by atoms with Crippen LogP contribution in [0, 0.1) is 34.2 Å². The van der Waals surface area contributed by atoms with Crippen molar-refractivity contribution in [2.45, 2.75) is 13.5 Å². The molecule has 0 bridgehead atoms. The standard InChI is InChI=1S/C24H19FN4O5/c1-14-8-18(10-21(22(14)30)29(33)34)23(31)19(11-26)24(32)28(2)13-17-6-5-15(9-20(17)25)16-4-3-7-27-12-16/h3-10,12,30-31H,13H2,1-2H3/b23-19-. The number of aliphatic hydroxyl groups excluding tert-OH is 1. The zero-order valence-electron chi connectivity index (χ0n) is 18.2. The van der Waals surface area contributed by atoms with E-state index in [0.717, 1.165) is 16.5 Å². The van der Waals surface area contributed by atoms with Gasteiger partial charge < -0.3 is 15.1 Å². The zero-order chi connectivity index (χ0) is 25.0. The molecule has 0 spiro atoms. The van der Waals surface area contributed by atoms with Crippen LogP contribution in [-0.2, 0) is 11.3 Å². The van der Waals surface area contributed by atoms with Gasteiger partial charge in [-0.15, -0.1) is 0 Å². The number of phenolic OH excluding ortho intramolecular Hbond substituents is 1. The summed E-state index contributed by atoms with van der Waals surface area (Å²) in [7, 11) is 1.33. The van der Waals surface area contributed by atoms with Crippen LogP contribution in [0.5, 0.6) is 5.75 Å². The first-order valence-electron chi connectivity index (χ1n) is 9.90. The molecule has 3 rings (SSSR count). The van der Waals surface area contributed by atoms with Gasteiger partial charge in [0.15, 0.2) is 11.3 Å². The van der Waals surface area contributed by atoms with Crippen molar-refractivity contribution in [2.24, 2.45) is 0 Å². The number of hydrogen-bond acceptors (Lipinski definition) is 7. The maximum Gasteiger partial charge on any atom is 0.311 e. The van der Waals surface area contributed by atoms with Crippen LogP contribution in [0.2, 0.25) is 0 Å². The van der Waals surface area contributed by atoms with E-state index < -0.39 is 39.4 Å². The van der Waals surface area contributed by atoms with Gasteiger partial charge in [0.2, 0.25) is 0 Å². The number of rotatable bonds is 6. The molecule has 0 atom stereocenters. The van der Waals surface area contributed by atoms with Crippen molar-refractivity contribution in [3.8, 4) is 22.9 Å². The highest BCUT2D eigenvalue weighted by molar-refractivity contribution is 6.03. The Morgan fingerprint density at radius 1 is 1.26 bits per heavy atom. The lowest BCUT2D eigenvalue weighted by molar-refractivity contribution is -0.385. The summed E-state index contributed by atoms with van der Waals surface area (Å²) in [4.78, 5) is 28.2. The predicted octanol–water partition coefficient (Wildman–Crippen LogP) is 4.26. The van der Waals surface area contributed by atoms with Gasteiger partial charge in [0.1, 0.15) is 17.6 Å². The van der Waals surface area contributed by atoms with Crippen LogP contribution in [0.4, 0.5) is 10.1 Å². The van der Waals surface area contributed by atoms with E-state index in [1.165, 1.54) is 32.2 Å². The van der Waals surface area contributed by atoms with E-state index in [0.29, 0.717) is 5.56 Å². The van der Waals surface area contributed by atoms with Crippen LogP contribution in [-0.4, -0.2) is 38.0 Å². The lowest BCUT2D eigenvalue weighted by Gasteiger charge is -2.18. The summed E-state index contributed by atoms with van der Waals surface area (Å²) in [5.74, 6) is -2.87. The molecule has 0 unspecified atom stereocenters. The van der Waals surface area contributed by atoms with Crippen molar-refractivity contribution < 1.29 is 24.3 Å². The van der Waals surface area contributed by atoms with Gasteiger partial charge in [-0.05, 0) is 36.2 Å². The Balaban J connectivity index is 1.89. The van der Waals surface area contributed by atoms with E-state index in [-0.39, 0.29) is 23.2 Å². The van der Waals surface area contributed by atoms with Gasteiger partial charge in [-0.25, -0.2) is 4.39 Å². The molecular formula is C24H19FN4O5. The van der Waals surface area contributed by atoms with Crippen molar-refractivity contribution >= 4 is 17.4 Å². The number of nitrogens with zero attached hydrogens (tertiary/aromatic N) is 4. The monoisotopic (exact) mass is 462 g/mol. The lowest BCUT2D eigenvalue weighted by Crippen LogP contribution is -2.28. The Morgan fingerprint density at radius 2 is 2.00 bits per heavy atom. The minimum atomic E-state index is -0.913. The van der Waals surface area contributed by atoms with Crippen molar-refractivity contribution in [3.63, 3.8) is 0 Å². The van der Waals surface area contributed by atoms with Gasteiger partial charge in [-0.2, -0.15) is 5.26 Å². The van der Waals surface area contributed by atoms with Crippen molar-refractivity contribution in [3.05, 3.63) is 93.1 Å². The number of benzene rings is 2. The topological polar surface area (TPSA) is 141 Å². The molecule has 0 aliphatic heterocycles. The van der Waals surface area contributed by atoms with E-state index in [2.05, 4.69) is 4.98 Å². The smallest absolute Gasteiger partial charge is 0.311 e. The Morgan fingerprint density at radius 3 is 2.59 bits per heavy atom. The molecule has 1 aromatic heterocycles. The molecule has 2 aromatic carbocycles. The number of phenols is 1. The van der Waals surface area contributed by atoms with Gasteiger partial charge in [0.05, 0.1) is 4.92 Å². The molecule has 0 aliphatic carbocycles. The molecule has 0 saturated carbocycles. The lowest BCUT2D eigenvalue weighted by atomic mass is 10.0. The third kappa shape index (κ3) is 4.83. The third-order valence-corrected chi connectivity index (χ3v) is 5.12. The van der Waals surface area contributed by atoms with Gasteiger partial charge in [0, 0.05) is 48.7 Å². The van der Waals surface area contributed by atoms with Crippen molar-refractivity contribution in [2.75, 3.05) is 7.05 Å². The molecule has 0 aliphatic rings. The molecule has 0 saturated heterocycles. The molecular weight excluding hydrogens is 443 g/mol. The summed E-state index contributed by atoms with van der Waals surface area (Å²) < 4.78 is 14.7. The number of hydrogen-bond donors (Lipinski definition) is 2. The number of halogens is 1.